The van der Waals surface area contributed by atoms with Crippen molar-refractivity contribution in [2.45, 2.75) is 52.2 Å². The minimum absolute atomic E-state index is 0.0765. The van der Waals surface area contributed by atoms with Crippen LogP contribution >= 0.6 is 0 Å². The molecule has 0 aliphatic carbocycles. The Morgan fingerprint density at radius 2 is 1.73 bits per heavy atom. The summed E-state index contributed by atoms with van der Waals surface area (Å²) in [4.78, 5) is 14.4. The van der Waals surface area contributed by atoms with E-state index in [1.165, 1.54) is 37.9 Å². The van der Waals surface area contributed by atoms with E-state index in [1.54, 1.807) is 0 Å². The molecule has 0 aromatic heterocycles. The number of benzene rings is 1. The lowest BCUT2D eigenvalue weighted by molar-refractivity contribution is -0.123. The molecule has 2 rings (SSSR count). The smallest absolute Gasteiger partial charge is 0.237 e. The molecule has 1 aliphatic rings. The summed E-state index contributed by atoms with van der Waals surface area (Å²) in [6, 6.07) is 8.09. The lowest BCUT2D eigenvalue weighted by Crippen LogP contribution is -2.43. The maximum absolute atomic E-state index is 11.8. The quantitative estimate of drug-likeness (QED) is 0.847. The maximum atomic E-state index is 11.8. The van der Waals surface area contributed by atoms with Gasteiger partial charge in [0.2, 0.25) is 5.91 Å². The fraction of sp³-hybridized carbons (Fsp3) is 0.611. The van der Waals surface area contributed by atoms with Crippen molar-refractivity contribution in [2.24, 2.45) is 11.7 Å². The third kappa shape index (κ3) is 5.11. The molecular formula is C18H29N3O. The Morgan fingerprint density at radius 1 is 1.14 bits per heavy atom. The second-order valence-electron chi connectivity index (χ2n) is 6.64. The van der Waals surface area contributed by atoms with E-state index in [9.17, 15) is 4.79 Å². The summed E-state index contributed by atoms with van der Waals surface area (Å²) in [5, 5.41) is 2.91. The van der Waals surface area contributed by atoms with Gasteiger partial charge in [-0.1, -0.05) is 44.5 Å². The molecule has 1 aliphatic heterocycles. The fourth-order valence-electron chi connectivity index (χ4n) is 2.75. The molecule has 1 fully saturated rings. The van der Waals surface area contributed by atoms with Crippen LogP contribution < -0.4 is 11.1 Å². The summed E-state index contributed by atoms with van der Waals surface area (Å²) in [6.07, 6.45) is 4.01. The van der Waals surface area contributed by atoms with Crippen molar-refractivity contribution < 1.29 is 4.79 Å². The third-order valence-electron chi connectivity index (χ3n) is 4.37. The summed E-state index contributed by atoms with van der Waals surface area (Å²) < 4.78 is 0. The molecule has 1 amide bonds. The standard InChI is InChI=1S/C18H29N3O/c1-14(2)17(19)18(22)20-12-15-6-8-16(9-7-15)13-21-10-4-3-5-11-21/h6-9,14,17H,3-5,10-13,19H2,1-2H3,(H,20,22). The van der Waals surface area contributed by atoms with E-state index in [4.69, 9.17) is 5.73 Å². The molecule has 0 saturated carbocycles. The zero-order chi connectivity index (χ0) is 15.9. The van der Waals surface area contributed by atoms with Crippen LogP contribution in [-0.4, -0.2) is 29.9 Å². The van der Waals surface area contributed by atoms with E-state index < -0.39 is 6.04 Å². The number of rotatable bonds is 6. The summed E-state index contributed by atoms with van der Waals surface area (Å²) >= 11 is 0. The minimum Gasteiger partial charge on any atom is -0.351 e. The average Bonchev–Trinajstić information content (AvgIpc) is 2.54. The van der Waals surface area contributed by atoms with Gasteiger partial charge in [-0.25, -0.2) is 0 Å². The average molecular weight is 303 g/mol. The molecule has 1 atom stereocenters. The van der Waals surface area contributed by atoms with Crippen molar-refractivity contribution in [1.82, 2.24) is 10.2 Å². The molecule has 4 nitrogen and oxygen atoms in total. The molecule has 0 spiro atoms. The second kappa shape index (κ2) is 8.30. The number of hydrogen-bond acceptors (Lipinski definition) is 3. The predicted octanol–water partition coefficient (Wildman–Crippen LogP) is 2.27. The Balaban J connectivity index is 1.80. The Hall–Kier alpha value is -1.39. The number of amides is 1. The van der Waals surface area contributed by atoms with Gasteiger partial charge in [0.1, 0.15) is 0 Å². The first-order valence-corrected chi connectivity index (χ1v) is 8.39. The van der Waals surface area contributed by atoms with Crippen LogP contribution in [0.15, 0.2) is 24.3 Å². The Kier molecular flexibility index (Phi) is 6.40. The van der Waals surface area contributed by atoms with Crippen LogP contribution in [0.2, 0.25) is 0 Å². The molecule has 3 N–H and O–H groups in total. The van der Waals surface area contributed by atoms with Gasteiger partial charge in [0.25, 0.3) is 0 Å². The molecule has 22 heavy (non-hydrogen) atoms. The zero-order valence-corrected chi connectivity index (χ0v) is 13.8. The first-order chi connectivity index (χ1) is 10.6. The molecule has 1 saturated heterocycles. The first-order valence-electron chi connectivity index (χ1n) is 8.39. The summed E-state index contributed by atoms with van der Waals surface area (Å²) in [7, 11) is 0. The van der Waals surface area contributed by atoms with Gasteiger partial charge in [0.15, 0.2) is 0 Å². The van der Waals surface area contributed by atoms with Gasteiger partial charge in [-0.15, -0.1) is 0 Å². The van der Waals surface area contributed by atoms with Crippen LogP contribution in [-0.2, 0) is 17.9 Å². The molecule has 0 radical (unpaired) electrons. The zero-order valence-electron chi connectivity index (χ0n) is 13.8. The van der Waals surface area contributed by atoms with Crippen molar-refractivity contribution in [1.29, 1.82) is 0 Å². The van der Waals surface area contributed by atoms with Crippen molar-refractivity contribution in [3.8, 4) is 0 Å². The highest BCUT2D eigenvalue weighted by atomic mass is 16.2. The van der Waals surface area contributed by atoms with Gasteiger partial charge < -0.3 is 11.1 Å². The lowest BCUT2D eigenvalue weighted by atomic mass is 10.0. The molecular weight excluding hydrogens is 274 g/mol. The number of carbonyl (C=O) groups excluding carboxylic acids is 1. The molecule has 1 unspecified atom stereocenters. The van der Waals surface area contributed by atoms with Gasteiger partial charge in [-0.3, -0.25) is 9.69 Å². The number of nitrogens with one attached hydrogen (secondary N) is 1. The highest BCUT2D eigenvalue weighted by Crippen LogP contribution is 2.13. The molecule has 1 aromatic rings. The summed E-state index contributed by atoms with van der Waals surface area (Å²) in [5.74, 6) is 0.0827. The van der Waals surface area contributed by atoms with E-state index in [1.807, 2.05) is 13.8 Å². The Bertz CT molecular complexity index is 464. The van der Waals surface area contributed by atoms with Crippen LogP contribution in [0.5, 0.6) is 0 Å². The van der Waals surface area contributed by atoms with E-state index in [-0.39, 0.29) is 11.8 Å². The van der Waals surface area contributed by atoms with Gasteiger partial charge in [-0.05, 0) is 43.0 Å². The van der Waals surface area contributed by atoms with Gasteiger partial charge >= 0.3 is 0 Å². The number of likely N-dealkylation sites (tertiary alicyclic amines) is 1. The fourth-order valence-corrected chi connectivity index (χ4v) is 2.75. The second-order valence-corrected chi connectivity index (χ2v) is 6.64. The van der Waals surface area contributed by atoms with E-state index in [0.29, 0.717) is 6.54 Å². The van der Waals surface area contributed by atoms with Crippen LogP contribution in [0.4, 0.5) is 0 Å². The van der Waals surface area contributed by atoms with E-state index in [2.05, 4.69) is 34.5 Å². The Morgan fingerprint density at radius 3 is 2.32 bits per heavy atom. The summed E-state index contributed by atoms with van der Waals surface area (Å²) in [6.45, 7) is 7.92. The van der Waals surface area contributed by atoms with E-state index in [0.717, 1.165) is 12.1 Å². The van der Waals surface area contributed by atoms with Crippen LogP contribution in [0.25, 0.3) is 0 Å². The molecule has 122 valence electrons. The number of nitrogens with zero attached hydrogens (tertiary/aromatic N) is 1. The largest absolute Gasteiger partial charge is 0.351 e. The van der Waals surface area contributed by atoms with Crippen LogP contribution in [0.1, 0.15) is 44.2 Å². The number of piperidine rings is 1. The van der Waals surface area contributed by atoms with Crippen molar-refractivity contribution in [3.05, 3.63) is 35.4 Å². The number of nitrogens with two attached hydrogens (primary N) is 1. The van der Waals surface area contributed by atoms with Gasteiger partial charge in [0, 0.05) is 13.1 Å². The lowest BCUT2D eigenvalue weighted by Gasteiger charge is -2.26. The first kappa shape index (κ1) is 17.0. The van der Waals surface area contributed by atoms with Crippen molar-refractivity contribution in [3.63, 3.8) is 0 Å². The van der Waals surface area contributed by atoms with Gasteiger partial charge in [-0.2, -0.15) is 0 Å². The highest BCUT2D eigenvalue weighted by Gasteiger charge is 2.16. The topological polar surface area (TPSA) is 58.4 Å². The molecule has 4 heteroatoms. The van der Waals surface area contributed by atoms with Crippen LogP contribution in [0.3, 0.4) is 0 Å². The maximum Gasteiger partial charge on any atom is 0.237 e. The minimum atomic E-state index is -0.432. The SMILES string of the molecule is CC(C)C(N)C(=O)NCc1ccc(CN2CCCCC2)cc1. The number of carbonyl (C=O) groups is 1. The third-order valence-corrected chi connectivity index (χ3v) is 4.37. The van der Waals surface area contributed by atoms with Crippen molar-refractivity contribution >= 4 is 5.91 Å². The molecule has 1 heterocycles. The predicted molar refractivity (Wildman–Crippen MR) is 90.2 cm³/mol. The normalized spacial score (nSPS) is 17.5. The van der Waals surface area contributed by atoms with Crippen molar-refractivity contribution in [2.75, 3.05) is 13.1 Å². The Labute approximate surface area is 134 Å². The van der Waals surface area contributed by atoms with Gasteiger partial charge in [0.05, 0.1) is 6.04 Å². The number of hydrogen-bond donors (Lipinski definition) is 2. The molecule has 1 aromatic carbocycles. The molecule has 0 bridgehead atoms. The highest BCUT2D eigenvalue weighted by molar-refractivity contribution is 5.81. The van der Waals surface area contributed by atoms with E-state index >= 15 is 0 Å². The monoisotopic (exact) mass is 303 g/mol. The van der Waals surface area contributed by atoms with Crippen LogP contribution in [0, 0.1) is 5.92 Å². The summed E-state index contributed by atoms with van der Waals surface area (Å²) in [5.41, 5.74) is 8.30.